The first-order chi connectivity index (χ1) is 12.8. The molecular formula is C19H32BN3O4. The summed E-state index contributed by atoms with van der Waals surface area (Å²) in [6, 6.07) is 0.387. The Morgan fingerprint density at radius 1 is 1.22 bits per heavy atom. The number of aliphatic hydroxyl groups is 1. The lowest BCUT2D eigenvalue weighted by atomic mass is 9.81. The molecule has 0 unspecified atom stereocenters. The van der Waals surface area contributed by atoms with Crippen LogP contribution in [0.5, 0.6) is 6.01 Å². The van der Waals surface area contributed by atoms with Crippen molar-refractivity contribution in [2.45, 2.75) is 58.2 Å². The van der Waals surface area contributed by atoms with Crippen LogP contribution in [0, 0.1) is 5.92 Å². The number of ether oxygens (including phenoxy) is 1. The molecule has 1 atom stereocenters. The van der Waals surface area contributed by atoms with Crippen LogP contribution in [0.3, 0.4) is 0 Å². The van der Waals surface area contributed by atoms with Gasteiger partial charge in [0.2, 0.25) is 0 Å². The Bertz CT molecular complexity index is 593. The van der Waals surface area contributed by atoms with Gasteiger partial charge in [0.15, 0.2) is 0 Å². The monoisotopic (exact) mass is 377 g/mol. The van der Waals surface area contributed by atoms with E-state index in [1.807, 2.05) is 27.7 Å². The first-order valence-electron chi connectivity index (χ1n) is 9.94. The predicted molar refractivity (Wildman–Crippen MR) is 104 cm³/mol. The summed E-state index contributed by atoms with van der Waals surface area (Å²) in [6.45, 7) is 11.8. The second-order valence-electron chi connectivity index (χ2n) is 8.56. The van der Waals surface area contributed by atoms with Crippen molar-refractivity contribution in [1.29, 1.82) is 0 Å². The molecule has 150 valence electrons. The molecule has 0 bridgehead atoms. The summed E-state index contributed by atoms with van der Waals surface area (Å²) in [5, 5.41) is 9.09. The Hall–Kier alpha value is -1.22. The van der Waals surface area contributed by atoms with Gasteiger partial charge in [0.1, 0.15) is 0 Å². The van der Waals surface area contributed by atoms with Gasteiger partial charge in [0.25, 0.3) is 0 Å². The second-order valence-corrected chi connectivity index (χ2v) is 8.56. The van der Waals surface area contributed by atoms with E-state index in [4.69, 9.17) is 19.2 Å². The number of β-amino-alcohol motifs (C(OH)–C–C–N with tert-alkyl or cyclic N) is 1. The molecule has 1 aromatic heterocycles. The predicted octanol–water partition coefficient (Wildman–Crippen LogP) is 1.25. The molecular weight excluding hydrogens is 345 g/mol. The van der Waals surface area contributed by atoms with Crippen molar-refractivity contribution < 1.29 is 19.2 Å². The van der Waals surface area contributed by atoms with Gasteiger partial charge in [-0.3, -0.25) is 0 Å². The minimum absolute atomic E-state index is 0.228. The van der Waals surface area contributed by atoms with Gasteiger partial charge in [-0.2, -0.15) is 0 Å². The van der Waals surface area contributed by atoms with Crippen molar-refractivity contribution in [3.8, 4) is 6.01 Å². The highest BCUT2D eigenvalue weighted by atomic mass is 16.7. The third-order valence-corrected chi connectivity index (χ3v) is 5.95. The Balaban J connectivity index is 1.46. The van der Waals surface area contributed by atoms with E-state index in [1.54, 1.807) is 12.4 Å². The summed E-state index contributed by atoms with van der Waals surface area (Å²) in [5.41, 5.74) is 0.0425. The molecule has 0 spiro atoms. The molecule has 2 aliphatic rings. The van der Waals surface area contributed by atoms with Crippen LogP contribution >= 0.6 is 0 Å². The van der Waals surface area contributed by atoms with E-state index in [2.05, 4.69) is 14.9 Å². The van der Waals surface area contributed by atoms with Crippen molar-refractivity contribution in [3.63, 3.8) is 0 Å². The van der Waals surface area contributed by atoms with Crippen LogP contribution in [0.2, 0.25) is 0 Å². The van der Waals surface area contributed by atoms with Crippen LogP contribution < -0.4 is 10.2 Å². The first kappa shape index (κ1) is 20.5. The lowest BCUT2D eigenvalue weighted by molar-refractivity contribution is 0.00578. The number of rotatable bonds is 7. The topological polar surface area (TPSA) is 76.9 Å². The van der Waals surface area contributed by atoms with Gasteiger partial charge >= 0.3 is 13.1 Å². The van der Waals surface area contributed by atoms with E-state index in [1.165, 1.54) is 12.8 Å². The number of hydrogen-bond acceptors (Lipinski definition) is 7. The van der Waals surface area contributed by atoms with E-state index in [-0.39, 0.29) is 17.8 Å². The van der Waals surface area contributed by atoms with Crippen molar-refractivity contribution in [3.05, 3.63) is 12.4 Å². The van der Waals surface area contributed by atoms with E-state index >= 15 is 0 Å². The zero-order valence-electron chi connectivity index (χ0n) is 17.0. The van der Waals surface area contributed by atoms with Crippen LogP contribution in [0.15, 0.2) is 12.4 Å². The molecule has 27 heavy (non-hydrogen) atoms. The maximum absolute atomic E-state index is 9.09. The lowest BCUT2D eigenvalue weighted by Gasteiger charge is -2.32. The number of piperidine rings is 1. The molecule has 7 nitrogen and oxygen atoms in total. The van der Waals surface area contributed by atoms with Gasteiger partial charge in [-0.05, 0) is 59.4 Å². The van der Waals surface area contributed by atoms with Crippen LogP contribution in [0.4, 0.5) is 0 Å². The summed E-state index contributed by atoms with van der Waals surface area (Å²) in [5.74, 6) is 0.606. The fraction of sp³-hybridized carbons (Fsp3) is 0.789. The zero-order valence-corrected chi connectivity index (χ0v) is 17.0. The van der Waals surface area contributed by atoms with Gasteiger partial charge in [-0.15, -0.1) is 0 Å². The Morgan fingerprint density at radius 2 is 1.89 bits per heavy atom. The highest BCUT2D eigenvalue weighted by Gasteiger charge is 2.51. The van der Waals surface area contributed by atoms with Crippen LogP contribution in [-0.4, -0.2) is 71.1 Å². The Kier molecular flexibility index (Phi) is 6.41. The van der Waals surface area contributed by atoms with Crippen LogP contribution in [0.1, 0.15) is 47.0 Å². The van der Waals surface area contributed by atoms with Crippen LogP contribution in [-0.2, 0) is 9.31 Å². The van der Waals surface area contributed by atoms with Gasteiger partial charge in [0.05, 0.1) is 24.4 Å². The van der Waals surface area contributed by atoms with Gasteiger partial charge in [-0.25, -0.2) is 9.97 Å². The van der Waals surface area contributed by atoms with Gasteiger partial charge in [-0.1, -0.05) is 0 Å². The Morgan fingerprint density at radius 3 is 2.52 bits per heavy atom. The summed E-state index contributed by atoms with van der Waals surface area (Å²) >= 11 is 0. The van der Waals surface area contributed by atoms with E-state index in [9.17, 15) is 0 Å². The van der Waals surface area contributed by atoms with E-state index in [0.29, 0.717) is 18.5 Å². The maximum atomic E-state index is 9.09. The molecule has 0 amide bonds. The molecule has 2 fully saturated rings. The van der Waals surface area contributed by atoms with Crippen molar-refractivity contribution in [2.75, 3.05) is 32.8 Å². The largest absolute Gasteiger partial charge is 0.498 e. The standard InChI is InChI=1S/C19H32BN3O4/c1-18(2)19(3,4)27-20(26-18)16-12-21-17(22-13-16)25-11-7-15-6-5-8-23(14-15)9-10-24/h12-13,15,24H,5-11,14H2,1-4H3/t15-/m1/s1. The molecule has 2 aliphatic heterocycles. The number of hydrogen-bond donors (Lipinski definition) is 1. The first-order valence-corrected chi connectivity index (χ1v) is 9.94. The molecule has 1 aromatic rings. The fourth-order valence-electron chi connectivity index (χ4n) is 3.55. The minimum atomic E-state index is -0.455. The molecule has 0 saturated carbocycles. The van der Waals surface area contributed by atoms with Gasteiger partial charge < -0.3 is 24.1 Å². The smallest absolute Gasteiger partial charge is 0.463 e. The molecule has 1 N–H and O–H groups in total. The molecule has 8 heteroatoms. The van der Waals surface area contributed by atoms with Crippen LogP contribution in [0.25, 0.3) is 0 Å². The number of nitrogens with zero attached hydrogens (tertiary/aromatic N) is 3. The normalized spacial score (nSPS) is 24.9. The average Bonchev–Trinajstić information content (AvgIpc) is 2.84. The molecule has 0 aliphatic carbocycles. The fourth-order valence-corrected chi connectivity index (χ4v) is 3.55. The lowest BCUT2D eigenvalue weighted by Crippen LogP contribution is -2.41. The quantitative estimate of drug-likeness (QED) is 0.717. The Labute approximate surface area is 162 Å². The third-order valence-electron chi connectivity index (χ3n) is 5.95. The summed E-state index contributed by atoms with van der Waals surface area (Å²) in [4.78, 5) is 10.9. The maximum Gasteiger partial charge on any atom is 0.498 e. The van der Waals surface area contributed by atoms with Crippen molar-refractivity contribution in [1.82, 2.24) is 14.9 Å². The van der Waals surface area contributed by atoms with Crippen molar-refractivity contribution >= 4 is 12.6 Å². The highest BCUT2D eigenvalue weighted by molar-refractivity contribution is 6.61. The second kappa shape index (κ2) is 8.43. The average molecular weight is 377 g/mol. The third kappa shape index (κ3) is 4.99. The highest BCUT2D eigenvalue weighted by Crippen LogP contribution is 2.36. The summed E-state index contributed by atoms with van der Waals surface area (Å²) in [6.07, 6.45) is 6.81. The minimum Gasteiger partial charge on any atom is -0.463 e. The zero-order chi connectivity index (χ0) is 19.5. The molecule has 0 radical (unpaired) electrons. The molecule has 3 heterocycles. The van der Waals surface area contributed by atoms with Gasteiger partial charge in [0, 0.05) is 30.9 Å². The van der Waals surface area contributed by atoms with E-state index in [0.717, 1.165) is 31.5 Å². The molecule has 2 saturated heterocycles. The SMILES string of the molecule is CC1(C)OB(c2cnc(OCC[C@H]3CCCN(CCO)C3)nc2)OC1(C)C. The number of aromatic nitrogens is 2. The summed E-state index contributed by atoms with van der Waals surface area (Å²) < 4.78 is 17.8. The number of likely N-dealkylation sites (tertiary alicyclic amines) is 1. The molecule has 3 rings (SSSR count). The summed E-state index contributed by atoms with van der Waals surface area (Å²) in [7, 11) is -0.455. The molecule has 0 aromatic carbocycles. The van der Waals surface area contributed by atoms with E-state index < -0.39 is 7.12 Å². The number of aliphatic hydroxyl groups excluding tert-OH is 1. The van der Waals surface area contributed by atoms with Crippen molar-refractivity contribution in [2.24, 2.45) is 5.92 Å².